The molecular weight excluding hydrogens is 264 g/mol. The molecule has 0 aromatic carbocycles. The second kappa shape index (κ2) is 5.02. The summed E-state index contributed by atoms with van der Waals surface area (Å²) in [6, 6.07) is 0. The van der Waals surface area contributed by atoms with Crippen molar-refractivity contribution in [3.63, 3.8) is 0 Å². The van der Waals surface area contributed by atoms with Crippen LogP contribution in [0.25, 0.3) is 0 Å². The third-order valence-corrected chi connectivity index (χ3v) is 4.88. The lowest BCUT2D eigenvalue weighted by molar-refractivity contribution is 0.0352. The Kier molecular flexibility index (Phi) is 3.73. The lowest BCUT2D eigenvalue weighted by Crippen LogP contribution is -2.42. The number of ketones is 1. The van der Waals surface area contributed by atoms with Crippen LogP contribution in [0.4, 0.5) is 10.7 Å². The zero-order chi connectivity index (χ0) is 14.2. The highest BCUT2D eigenvalue weighted by Gasteiger charge is 2.31. The fourth-order valence-corrected chi connectivity index (χ4v) is 3.41. The van der Waals surface area contributed by atoms with Crippen molar-refractivity contribution in [2.45, 2.75) is 32.3 Å². The van der Waals surface area contributed by atoms with Crippen LogP contribution in [0.2, 0.25) is 0 Å². The summed E-state index contributed by atoms with van der Waals surface area (Å²) in [4.78, 5) is 14.2. The molecular formula is C13H20N2O3S. The molecule has 2 heterocycles. The molecule has 5 nitrogen and oxygen atoms in total. The predicted octanol–water partition coefficient (Wildman–Crippen LogP) is 1.89. The van der Waals surface area contributed by atoms with E-state index in [2.05, 4.69) is 4.90 Å². The number of methoxy groups -OCH3 is 1. The molecule has 0 saturated carbocycles. The van der Waals surface area contributed by atoms with Gasteiger partial charge >= 0.3 is 0 Å². The highest BCUT2D eigenvalue weighted by atomic mass is 32.1. The maximum Gasteiger partial charge on any atom is 0.177 e. The smallest absolute Gasteiger partial charge is 0.177 e. The minimum atomic E-state index is -0.601. The fraction of sp³-hybridized carbons (Fsp3) is 0.615. The van der Waals surface area contributed by atoms with Crippen LogP contribution in [-0.2, 0) is 0 Å². The van der Waals surface area contributed by atoms with Gasteiger partial charge in [0.05, 0.1) is 23.3 Å². The molecule has 0 aliphatic carbocycles. The molecule has 1 aromatic heterocycles. The zero-order valence-electron chi connectivity index (χ0n) is 11.5. The normalized spacial score (nSPS) is 18.4. The summed E-state index contributed by atoms with van der Waals surface area (Å²) in [6.07, 6.45) is 1.40. The Labute approximate surface area is 117 Å². The molecule has 6 heteroatoms. The maximum absolute atomic E-state index is 11.5. The Morgan fingerprint density at radius 1 is 1.47 bits per heavy atom. The lowest BCUT2D eigenvalue weighted by Gasteiger charge is -2.36. The number of aliphatic hydroxyl groups is 1. The molecule has 19 heavy (non-hydrogen) atoms. The zero-order valence-corrected chi connectivity index (χ0v) is 12.3. The SMILES string of the molecule is COc1c(N2CCC(C)(O)CC2)sc(C(C)=O)c1N. The standard InChI is InChI=1S/C13H20N2O3S/c1-8(16)11-9(14)10(18-3)12(19-11)15-6-4-13(2,17)5-7-15/h17H,4-7,14H2,1-3H3. The van der Waals surface area contributed by atoms with Gasteiger partial charge in [0.1, 0.15) is 5.00 Å². The third-order valence-electron chi connectivity index (χ3n) is 3.53. The summed E-state index contributed by atoms with van der Waals surface area (Å²) < 4.78 is 5.34. The van der Waals surface area contributed by atoms with Crippen molar-refractivity contribution in [3.05, 3.63) is 4.88 Å². The van der Waals surface area contributed by atoms with Crippen LogP contribution in [0.15, 0.2) is 0 Å². The van der Waals surface area contributed by atoms with Crippen molar-refractivity contribution in [1.82, 2.24) is 0 Å². The molecule has 1 aliphatic heterocycles. The van der Waals surface area contributed by atoms with Crippen molar-refractivity contribution >= 4 is 27.8 Å². The van der Waals surface area contributed by atoms with E-state index in [-0.39, 0.29) is 5.78 Å². The number of Topliss-reactive ketones (excluding diaryl/α,β-unsaturated/α-hetero) is 1. The van der Waals surface area contributed by atoms with E-state index in [0.717, 1.165) is 18.1 Å². The van der Waals surface area contributed by atoms with Gasteiger partial charge < -0.3 is 20.5 Å². The first-order chi connectivity index (χ1) is 8.85. The molecule has 0 atom stereocenters. The number of nitrogens with zero attached hydrogens (tertiary/aromatic N) is 1. The molecule has 1 fully saturated rings. The van der Waals surface area contributed by atoms with Crippen LogP contribution in [-0.4, -0.2) is 36.7 Å². The van der Waals surface area contributed by atoms with Crippen LogP contribution in [0.1, 0.15) is 36.4 Å². The Bertz CT molecular complexity index is 486. The highest BCUT2D eigenvalue weighted by Crippen LogP contribution is 2.46. The Morgan fingerprint density at radius 2 is 2.05 bits per heavy atom. The van der Waals surface area contributed by atoms with Crippen molar-refractivity contribution in [3.8, 4) is 5.75 Å². The number of rotatable bonds is 3. The molecule has 0 amide bonds. The van der Waals surface area contributed by atoms with E-state index < -0.39 is 5.60 Å². The summed E-state index contributed by atoms with van der Waals surface area (Å²) in [6.45, 7) is 4.83. The Balaban J connectivity index is 2.30. The summed E-state index contributed by atoms with van der Waals surface area (Å²) in [7, 11) is 1.56. The molecule has 106 valence electrons. The number of piperidine rings is 1. The number of thiophene rings is 1. The summed E-state index contributed by atoms with van der Waals surface area (Å²) in [5, 5.41) is 10.9. The lowest BCUT2D eigenvalue weighted by atomic mass is 9.94. The second-order valence-corrected chi connectivity index (χ2v) is 6.22. The van der Waals surface area contributed by atoms with E-state index in [0.29, 0.717) is 29.2 Å². The molecule has 0 bridgehead atoms. The van der Waals surface area contributed by atoms with Crippen LogP contribution in [0.3, 0.4) is 0 Å². The minimum absolute atomic E-state index is 0.0453. The van der Waals surface area contributed by atoms with Crippen LogP contribution in [0, 0.1) is 0 Å². The van der Waals surface area contributed by atoms with Crippen molar-refractivity contribution in [2.75, 3.05) is 30.8 Å². The number of anilines is 2. The van der Waals surface area contributed by atoms with Gasteiger partial charge in [0.25, 0.3) is 0 Å². The minimum Gasteiger partial charge on any atom is -0.492 e. The second-order valence-electron chi connectivity index (χ2n) is 5.22. The first kappa shape index (κ1) is 14.1. The number of nitrogen functional groups attached to an aromatic ring is 1. The van der Waals surface area contributed by atoms with E-state index in [9.17, 15) is 9.90 Å². The molecule has 1 aliphatic rings. The Morgan fingerprint density at radius 3 is 2.53 bits per heavy atom. The predicted molar refractivity (Wildman–Crippen MR) is 77.4 cm³/mol. The van der Waals surface area contributed by atoms with Gasteiger partial charge in [-0.15, -0.1) is 11.3 Å². The van der Waals surface area contributed by atoms with Gasteiger partial charge in [0, 0.05) is 20.0 Å². The summed E-state index contributed by atoms with van der Waals surface area (Å²) in [5.74, 6) is 0.535. The topological polar surface area (TPSA) is 75.8 Å². The van der Waals surface area contributed by atoms with Crippen LogP contribution < -0.4 is 15.4 Å². The van der Waals surface area contributed by atoms with E-state index in [1.54, 1.807) is 7.11 Å². The number of carbonyl (C=O) groups is 1. The van der Waals surface area contributed by atoms with Gasteiger partial charge in [-0.2, -0.15) is 0 Å². The average Bonchev–Trinajstić information content (AvgIpc) is 2.66. The maximum atomic E-state index is 11.5. The molecule has 0 unspecified atom stereocenters. The molecule has 0 spiro atoms. The fourth-order valence-electron chi connectivity index (χ4n) is 2.27. The Hall–Kier alpha value is -1.27. The van der Waals surface area contributed by atoms with Gasteiger partial charge in [0.15, 0.2) is 11.5 Å². The van der Waals surface area contributed by atoms with Crippen LogP contribution >= 0.6 is 11.3 Å². The van der Waals surface area contributed by atoms with Gasteiger partial charge in [-0.25, -0.2) is 0 Å². The van der Waals surface area contributed by atoms with Crippen LogP contribution in [0.5, 0.6) is 5.75 Å². The molecule has 1 saturated heterocycles. The number of hydrogen-bond donors (Lipinski definition) is 2. The number of ether oxygens (including phenoxy) is 1. The number of hydrogen-bond acceptors (Lipinski definition) is 6. The van der Waals surface area contributed by atoms with Gasteiger partial charge in [0.2, 0.25) is 0 Å². The van der Waals surface area contributed by atoms with Gasteiger partial charge in [-0.3, -0.25) is 4.79 Å². The largest absolute Gasteiger partial charge is 0.492 e. The van der Waals surface area contributed by atoms with Crippen molar-refractivity contribution in [2.24, 2.45) is 0 Å². The van der Waals surface area contributed by atoms with Crippen molar-refractivity contribution < 1.29 is 14.6 Å². The van der Waals surface area contributed by atoms with E-state index in [1.165, 1.54) is 18.3 Å². The quantitative estimate of drug-likeness (QED) is 0.829. The van der Waals surface area contributed by atoms with E-state index >= 15 is 0 Å². The van der Waals surface area contributed by atoms with Crippen molar-refractivity contribution in [1.29, 1.82) is 0 Å². The van der Waals surface area contributed by atoms with Gasteiger partial charge in [-0.05, 0) is 19.8 Å². The third kappa shape index (κ3) is 2.69. The van der Waals surface area contributed by atoms with E-state index in [4.69, 9.17) is 10.5 Å². The first-order valence-corrected chi connectivity index (χ1v) is 7.12. The highest BCUT2D eigenvalue weighted by molar-refractivity contribution is 7.19. The summed E-state index contributed by atoms with van der Waals surface area (Å²) in [5.41, 5.74) is 5.79. The summed E-state index contributed by atoms with van der Waals surface area (Å²) >= 11 is 1.37. The molecule has 2 rings (SSSR count). The van der Waals surface area contributed by atoms with E-state index in [1.807, 2.05) is 6.92 Å². The van der Waals surface area contributed by atoms with Gasteiger partial charge in [-0.1, -0.05) is 0 Å². The molecule has 3 N–H and O–H groups in total. The average molecular weight is 284 g/mol. The number of carbonyl (C=O) groups excluding carboxylic acids is 1. The monoisotopic (exact) mass is 284 g/mol. The molecule has 0 radical (unpaired) electrons. The first-order valence-electron chi connectivity index (χ1n) is 6.30. The molecule has 1 aromatic rings. The number of nitrogens with two attached hydrogens (primary N) is 1.